The lowest BCUT2D eigenvalue weighted by atomic mass is 10.4. The molecule has 0 aliphatic carbocycles. The van der Waals surface area contributed by atoms with Gasteiger partial charge in [0.15, 0.2) is 0 Å². The molecule has 0 aromatic carbocycles. The minimum absolute atomic E-state index is 0.239. The van der Waals surface area contributed by atoms with E-state index in [2.05, 4.69) is 4.98 Å². The van der Waals surface area contributed by atoms with Crippen molar-refractivity contribution in [1.29, 1.82) is 0 Å². The van der Waals surface area contributed by atoms with Crippen molar-refractivity contribution in [1.82, 2.24) is 14.1 Å². The van der Waals surface area contributed by atoms with Crippen LogP contribution in [0.4, 0.5) is 0 Å². The normalized spacial score (nSPS) is 10.7. The van der Waals surface area contributed by atoms with Gasteiger partial charge < -0.3 is 4.57 Å². The molecule has 2 rings (SSSR count). The summed E-state index contributed by atoms with van der Waals surface area (Å²) in [5, 5.41) is 2.90. The predicted octanol–water partition coefficient (Wildman–Crippen LogP) is 0.614. The fraction of sp³-hybridized carbons (Fsp3) is 0.364. The summed E-state index contributed by atoms with van der Waals surface area (Å²) in [5.74, 6) is 0. The number of nitrogens with zero attached hydrogens (tertiary/aromatic N) is 3. The zero-order chi connectivity index (χ0) is 12.4. The van der Waals surface area contributed by atoms with Crippen molar-refractivity contribution in [3.05, 3.63) is 49.2 Å². The van der Waals surface area contributed by atoms with Gasteiger partial charge in [-0.15, -0.1) is 11.3 Å². The molecule has 0 saturated carbocycles. The van der Waals surface area contributed by atoms with Crippen LogP contribution in [0.25, 0.3) is 0 Å². The van der Waals surface area contributed by atoms with Gasteiger partial charge in [0.2, 0.25) is 0 Å². The number of hydrogen-bond acceptors (Lipinski definition) is 4. The molecular weight excluding hydrogens is 238 g/mol. The molecular formula is C11H13N3O2S. The smallest absolute Gasteiger partial charge is 0.303 e. The third-order valence-electron chi connectivity index (χ3n) is 2.46. The zero-order valence-corrected chi connectivity index (χ0v) is 10.5. The molecule has 0 saturated heterocycles. The van der Waals surface area contributed by atoms with Gasteiger partial charge >= 0.3 is 5.69 Å². The first-order valence-electron chi connectivity index (χ1n) is 5.31. The van der Waals surface area contributed by atoms with E-state index in [4.69, 9.17) is 0 Å². The van der Waals surface area contributed by atoms with Crippen LogP contribution in [0, 0.1) is 0 Å². The summed E-state index contributed by atoms with van der Waals surface area (Å²) in [7, 11) is 1.62. The van der Waals surface area contributed by atoms with E-state index >= 15 is 0 Å². The average molecular weight is 251 g/mol. The lowest BCUT2D eigenvalue weighted by Gasteiger charge is -2.03. The largest absolute Gasteiger partial charge is 0.331 e. The topological polar surface area (TPSA) is 56.9 Å². The Hall–Kier alpha value is -1.69. The standard InChI is InChI=1S/C11H13N3O2S/c1-3-9-12-8(7-17-9)6-14-10(15)4-5-13(2)11(14)16/h4-5,7H,3,6H2,1-2H3. The van der Waals surface area contributed by atoms with Crippen LogP contribution in [0.15, 0.2) is 27.2 Å². The Morgan fingerprint density at radius 1 is 1.41 bits per heavy atom. The monoisotopic (exact) mass is 251 g/mol. The number of rotatable bonds is 3. The summed E-state index contributed by atoms with van der Waals surface area (Å²) in [4.78, 5) is 27.7. The van der Waals surface area contributed by atoms with E-state index in [-0.39, 0.29) is 17.8 Å². The molecule has 0 bridgehead atoms. The summed E-state index contributed by atoms with van der Waals surface area (Å²) in [6.07, 6.45) is 2.34. The van der Waals surface area contributed by atoms with Crippen LogP contribution in [0.3, 0.4) is 0 Å². The number of aromatic nitrogens is 3. The van der Waals surface area contributed by atoms with Crippen molar-refractivity contribution < 1.29 is 0 Å². The second-order valence-corrected chi connectivity index (χ2v) is 4.66. The SMILES string of the molecule is CCc1nc(Cn2c(=O)ccn(C)c2=O)cs1. The maximum atomic E-state index is 11.8. The third kappa shape index (κ3) is 2.36. The molecule has 0 fully saturated rings. The Balaban J connectivity index is 2.39. The number of thiazole rings is 1. The highest BCUT2D eigenvalue weighted by Gasteiger charge is 2.06. The van der Waals surface area contributed by atoms with Crippen LogP contribution < -0.4 is 11.2 Å². The Kier molecular flexibility index (Phi) is 3.23. The first kappa shape index (κ1) is 11.8. The maximum Gasteiger partial charge on any atom is 0.331 e. The molecule has 5 nitrogen and oxygen atoms in total. The lowest BCUT2D eigenvalue weighted by molar-refractivity contribution is 0.632. The predicted molar refractivity (Wildman–Crippen MR) is 66.5 cm³/mol. The average Bonchev–Trinajstić information content (AvgIpc) is 2.77. The highest BCUT2D eigenvalue weighted by Crippen LogP contribution is 2.10. The molecule has 0 spiro atoms. The Morgan fingerprint density at radius 2 is 2.18 bits per heavy atom. The van der Waals surface area contributed by atoms with E-state index in [1.54, 1.807) is 18.4 Å². The van der Waals surface area contributed by atoms with E-state index in [1.165, 1.54) is 21.4 Å². The van der Waals surface area contributed by atoms with Gasteiger partial charge in [-0.25, -0.2) is 9.78 Å². The minimum Gasteiger partial charge on any atom is -0.303 e. The van der Waals surface area contributed by atoms with Gasteiger partial charge in [0.25, 0.3) is 5.56 Å². The Bertz CT molecular complexity index is 639. The van der Waals surface area contributed by atoms with Crippen LogP contribution >= 0.6 is 11.3 Å². The van der Waals surface area contributed by atoms with Gasteiger partial charge in [-0.3, -0.25) is 9.36 Å². The first-order chi connectivity index (χ1) is 8.11. The summed E-state index contributed by atoms with van der Waals surface area (Å²) in [6, 6.07) is 1.38. The lowest BCUT2D eigenvalue weighted by Crippen LogP contribution is -2.38. The molecule has 2 aromatic rings. The van der Waals surface area contributed by atoms with Crippen molar-refractivity contribution in [2.45, 2.75) is 19.9 Å². The van der Waals surface area contributed by atoms with Gasteiger partial charge in [-0.05, 0) is 6.42 Å². The van der Waals surface area contributed by atoms with Crippen LogP contribution in [-0.2, 0) is 20.0 Å². The molecule has 17 heavy (non-hydrogen) atoms. The van der Waals surface area contributed by atoms with E-state index in [0.29, 0.717) is 0 Å². The summed E-state index contributed by atoms with van der Waals surface area (Å²) < 4.78 is 2.57. The fourth-order valence-corrected chi connectivity index (χ4v) is 2.24. The van der Waals surface area contributed by atoms with Gasteiger partial charge in [-0.1, -0.05) is 6.92 Å². The second kappa shape index (κ2) is 4.67. The molecule has 0 aliphatic heterocycles. The maximum absolute atomic E-state index is 11.8. The highest BCUT2D eigenvalue weighted by atomic mass is 32.1. The van der Waals surface area contributed by atoms with E-state index in [0.717, 1.165) is 17.1 Å². The molecule has 0 N–H and O–H groups in total. The fourth-order valence-electron chi connectivity index (χ4n) is 1.51. The van der Waals surface area contributed by atoms with Gasteiger partial charge in [0.05, 0.1) is 17.2 Å². The molecule has 0 aliphatic rings. The van der Waals surface area contributed by atoms with Crippen molar-refractivity contribution in [3.8, 4) is 0 Å². The van der Waals surface area contributed by atoms with Crippen molar-refractivity contribution >= 4 is 11.3 Å². The number of hydrogen-bond donors (Lipinski definition) is 0. The third-order valence-corrected chi connectivity index (χ3v) is 3.50. The van der Waals surface area contributed by atoms with Crippen LogP contribution in [-0.4, -0.2) is 14.1 Å². The molecule has 6 heteroatoms. The van der Waals surface area contributed by atoms with Crippen molar-refractivity contribution in [2.75, 3.05) is 0 Å². The molecule has 0 radical (unpaired) electrons. The summed E-state index contributed by atoms with van der Waals surface area (Å²) >= 11 is 1.55. The summed E-state index contributed by atoms with van der Waals surface area (Å²) in [5.41, 5.74) is 0.153. The first-order valence-corrected chi connectivity index (χ1v) is 6.19. The van der Waals surface area contributed by atoms with E-state index in [1.807, 2.05) is 12.3 Å². The van der Waals surface area contributed by atoms with Gasteiger partial charge in [0.1, 0.15) is 0 Å². The quantitative estimate of drug-likeness (QED) is 0.803. The Labute approximate surface area is 102 Å². The molecule has 0 amide bonds. The van der Waals surface area contributed by atoms with Crippen LogP contribution in [0.2, 0.25) is 0 Å². The zero-order valence-electron chi connectivity index (χ0n) is 9.71. The molecule has 0 atom stereocenters. The van der Waals surface area contributed by atoms with E-state index in [9.17, 15) is 9.59 Å². The Morgan fingerprint density at radius 3 is 2.82 bits per heavy atom. The highest BCUT2D eigenvalue weighted by molar-refractivity contribution is 7.09. The molecule has 90 valence electrons. The minimum atomic E-state index is -0.316. The molecule has 2 aromatic heterocycles. The molecule has 0 unspecified atom stereocenters. The van der Waals surface area contributed by atoms with Crippen molar-refractivity contribution in [3.63, 3.8) is 0 Å². The number of aryl methyl sites for hydroxylation is 2. The van der Waals surface area contributed by atoms with Crippen LogP contribution in [0.5, 0.6) is 0 Å². The second-order valence-electron chi connectivity index (χ2n) is 3.72. The van der Waals surface area contributed by atoms with Crippen LogP contribution in [0.1, 0.15) is 17.6 Å². The van der Waals surface area contributed by atoms with Gasteiger partial charge in [0, 0.05) is 24.7 Å². The molecule has 2 heterocycles. The van der Waals surface area contributed by atoms with E-state index < -0.39 is 0 Å². The van der Waals surface area contributed by atoms with Gasteiger partial charge in [-0.2, -0.15) is 0 Å². The van der Waals surface area contributed by atoms with Crippen molar-refractivity contribution in [2.24, 2.45) is 7.05 Å². The summed E-state index contributed by atoms with van der Waals surface area (Å²) in [6.45, 7) is 2.26.